The van der Waals surface area contributed by atoms with E-state index >= 15 is 0 Å². The van der Waals surface area contributed by atoms with Crippen molar-refractivity contribution >= 4 is 16.4 Å². The second-order valence-electron chi connectivity index (χ2n) is 17.4. The van der Waals surface area contributed by atoms with Gasteiger partial charge in [-0.25, -0.2) is 4.18 Å². The van der Waals surface area contributed by atoms with Crippen molar-refractivity contribution < 1.29 is 56.2 Å². The van der Waals surface area contributed by atoms with Crippen LogP contribution in [-0.2, 0) is 38.3 Å². The fourth-order valence-electron chi connectivity index (χ4n) is 7.75. The Labute approximate surface area is 383 Å². The van der Waals surface area contributed by atoms with Gasteiger partial charge in [-0.1, -0.05) is 198 Å². The molecule has 1 heterocycles. The summed E-state index contributed by atoms with van der Waals surface area (Å²) in [5.41, 5.74) is 0. The molecule has 4 N–H and O–H groups in total. The van der Waals surface area contributed by atoms with Gasteiger partial charge in [0.2, 0.25) is 0 Å². The lowest BCUT2D eigenvalue weighted by molar-refractivity contribution is -0.301. The van der Waals surface area contributed by atoms with Crippen molar-refractivity contribution in [2.75, 3.05) is 26.4 Å². The summed E-state index contributed by atoms with van der Waals surface area (Å²) in [7, 11) is -5.07. The van der Waals surface area contributed by atoms with Crippen LogP contribution in [0.25, 0.3) is 0 Å². The van der Waals surface area contributed by atoms with E-state index in [1.54, 1.807) is 0 Å². The van der Waals surface area contributed by atoms with Crippen LogP contribution in [0.3, 0.4) is 0 Å². The largest absolute Gasteiger partial charge is 0.457 e. The number of esters is 1. The molecule has 370 valence electrons. The maximum atomic E-state index is 12.9. The van der Waals surface area contributed by atoms with E-state index < -0.39 is 59.8 Å². The molecule has 1 aliphatic heterocycles. The first kappa shape index (κ1) is 59.3. The minimum atomic E-state index is -5.07. The summed E-state index contributed by atoms with van der Waals surface area (Å²) in [4.78, 5) is 12.9. The summed E-state index contributed by atoms with van der Waals surface area (Å²) in [5.74, 6) is -0.404. The zero-order valence-corrected chi connectivity index (χ0v) is 40.5. The Morgan fingerprint density at radius 2 is 1.10 bits per heavy atom. The van der Waals surface area contributed by atoms with E-state index in [2.05, 4.69) is 54.5 Å². The van der Waals surface area contributed by atoms with Gasteiger partial charge in [0.05, 0.1) is 19.8 Å². The van der Waals surface area contributed by atoms with Crippen molar-refractivity contribution in [1.29, 1.82) is 0 Å². The van der Waals surface area contributed by atoms with Gasteiger partial charge in [0.1, 0.15) is 30.5 Å². The third kappa shape index (κ3) is 35.2. The molecule has 0 amide bonds. The van der Waals surface area contributed by atoms with Crippen LogP contribution in [0.1, 0.15) is 213 Å². The van der Waals surface area contributed by atoms with E-state index in [0.29, 0.717) is 13.0 Å². The Balaban J connectivity index is 2.34. The summed E-state index contributed by atoms with van der Waals surface area (Å²) >= 11 is 0. The van der Waals surface area contributed by atoms with Crippen molar-refractivity contribution in [3.05, 3.63) is 36.5 Å². The third-order valence-electron chi connectivity index (χ3n) is 11.5. The van der Waals surface area contributed by atoms with Crippen LogP contribution in [0.4, 0.5) is 0 Å². The fraction of sp³-hybridized carbons (Fsp3) is 0.860. The van der Waals surface area contributed by atoms with Gasteiger partial charge < -0.3 is 34.3 Å². The maximum absolute atomic E-state index is 12.9. The quantitative estimate of drug-likeness (QED) is 0.0197. The highest BCUT2D eigenvalue weighted by Gasteiger charge is 2.48. The Kier molecular flexibility index (Phi) is 39.3. The molecule has 0 aromatic carbocycles. The van der Waals surface area contributed by atoms with Crippen LogP contribution in [0.2, 0.25) is 0 Å². The molecule has 1 saturated heterocycles. The second kappa shape index (κ2) is 41.7. The van der Waals surface area contributed by atoms with E-state index in [1.807, 2.05) is 0 Å². The van der Waals surface area contributed by atoms with Gasteiger partial charge in [0.15, 0.2) is 6.29 Å². The highest BCUT2D eigenvalue weighted by atomic mass is 32.3. The van der Waals surface area contributed by atoms with Gasteiger partial charge in [0, 0.05) is 13.0 Å². The number of unbranched alkanes of at least 4 members (excludes halogenated alkanes) is 25. The average Bonchev–Trinajstić information content (AvgIpc) is 3.26. The lowest BCUT2D eigenvalue weighted by Crippen LogP contribution is -2.60. The minimum Gasteiger partial charge on any atom is -0.457 e. The van der Waals surface area contributed by atoms with E-state index in [9.17, 15) is 33.1 Å². The molecule has 0 spiro atoms. The molecule has 1 aliphatic rings. The molecule has 12 nitrogen and oxygen atoms in total. The van der Waals surface area contributed by atoms with Crippen LogP contribution in [0, 0.1) is 0 Å². The van der Waals surface area contributed by atoms with Crippen LogP contribution >= 0.6 is 0 Å². The van der Waals surface area contributed by atoms with Crippen LogP contribution < -0.4 is 0 Å². The summed E-state index contributed by atoms with van der Waals surface area (Å²) in [5, 5.41) is 30.7. The van der Waals surface area contributed by atoms with Gasteiger partial charge in [-0.15, -0.1) is 0 Å². The second-order valence-corrected chi connectivity index (χ2v) is 18.4. The number of hydrogen-bond acceptors (Lipinski definition) is 11. The van der Waals surface area contributed by atoms with E-state index in [4.69, 9.17) is 18.9 Å². The normalized spacial score (nSPS) is 20.1. The number of carbonyl (C=O) groups excluding carboxylic acids is 1. The number of carbonyl (C=O) groups is 1. The van der Waals surface area contributed by atoms with Crippen LogP contribution in [0.5, 0.6) is 0 Å². The first-order valence-corrected chi connectivity index (χ1v) is 26.6. The molecule has 0 radical (unpaired) electrons. The molecule has 1 rings (SSSR count). The maximum Gasteiger partial charge on any atom is 0.397 e. The van der Waals surface area contributed by atoms with Crippen molar-refractivity contribution in [2.45, 2.75) is 250 Å². The van der Waals surface area contributed by atoms with Crippen LogP contribution in [0.15, 0.2) is 36.5 Å². The molecular weight excluding hydrogens is 825 g/mol. The summed E-state index contributed by atoms with van der Waals surface area (Å²) in [6.07, 6.45) is 40.4. The average molecular weight is 917 g/mol. The minimum absolute atomic E-state index is 0.0232. The monoisotopic (exact) mass is 917 g/mol. The zero-order chi connectivity index (χ0) is 46.1. The Hall–Kier alpha value is -1.68. The molecule has 0 saturated carbocycles. The van der Waals surface area contributed by atoms with E-state index in [0.717, 1.165) is 70.6 Å². The lowest BCUT2D eigenvalue weighted by atomic mass is 9.99. The topological polar surface area (TPSA) is 178 Å². The SMILES string of the molecule is CC/C=C\C/C=C\C/C=C\CCCCCCOCC(COC1OC(CO)C(O)C(OS(=O)(=O)O)C1O)OC(=O)CCCCCCCCCCCCCCCCCCCCCCCC. The molecule has 13 heteroatoms. The van der Waals surface area contributed by atoms with Crippen molar-refractivity contribution in [2.24, 2.45) is 0 Å². The predicted molar refractivity (Wildman–Crippen MR) is 253 cm³/mol. The molecule has 6 unspecified atom stereocenters. The molecule has 0 aliphatic carbocycles. The highest BCUT2D eigenvalue weighted by Crippen LogP contribution is 2.26. The number of rotatable bonds is 44. The summed E-state index contributed by atoms with van der Waals surface area (Å²) in [6.45, 7) is 3.85. The van der Waals surface area contributed by atoms with Gasteiger partial charge in [-0.05, 0) is 44.9 Å². The lowest BCUT2D eigenvalue weighted by Gasteiger charge is -2.41. The van der Waals surface area contributed by atoms with Gasteiger partial charge in [-0.2, -0.15) is 8.42 Å². The Morgan fingerprint density at radius 1 is 0.619 bits per heavy atom. The summed E-state index contributed by atoms with van der Waals surface area (Å²) < 4.78 is 59.1. The molecule has 63 heavy (non-hydrogen) atoms. The number of ether oxygens (including phenoxy) is 4. The Bertz CT molecular complexity index is 1240. The predicted octanol–water partition coefficient (Wildman–Crippen LogP) is 11.4. The number of allylic oxidation sites excluding steroid dienone is 6. The zero-order valence-electron chi connectivity index (χ0n) is 39.6. The Morgan fingerprint density at radius 3 is 1.60 bits per heavy atom. The van der Waals surface area contributed by atoms with E-state index in [1.165, 1.54) is 116 Å². The number of aliphatic hydroxyl groups is 3. The van der Waals surface area contributed by atoms with Gasteiger partial charge in [-0.3, -0.25) is 9.35 Å². The molecule has 0 aromatic rings. The molecule has 0 bridgehead atoms. The smallest absolute Gasteiger partial charge is 0.397 e. The molecule has 6 atom stereocenters. The number of aliphatic hydroxyl groups excluding tert-OH is 3. The molecule has 1 fully saturated rings. The van der Waals surface area contributed by atoms with Crippen molar-refractivity contribution in [3.63, 3.8) is 0 Å². The first-order chi connectivity index (χ1) is 30.6. The van der Waals surface area contributed by atoms with Crippen LogP contribution in [-0.4, -0.2) is 97.5 Å². The molecule has 0 aromatic heterocycles. The highest BCUT2D eigenvalue weighted by molar-refractivity contribution is 7.80. The standard InChI is InChI=1S/C50H92O12S/c1-3-5-7-9-11-13-15-17-19-20-21-22-23-24-25-26-27-29-31-33-35-37-39-46(52)60-44(42-58-40-38-36-34-32-30-28-18-16-14-12-10-8-6-4-2)43-59-50-48(54)49(62-63(55,56)57)47(53)45(41-51)61-50/h6,8,12,14,18,28,44-45,47-51,53-54H,3-5,7,9-11,13,15-17,19-27,29-43H2,1-2H3,(H,55,56,57)/b8-6-,14-12-,28-18-. The van der Waals surface area contributed by atoms with Gasteiger partial charge in [0.25, 0.3) is 0 Å². The third-order valence-corrected chi connectivity index (χ3v) is 12.0. The first-order valence-electron chi connectivity index (χ1n) is 25.2. The van der Waals surface area contributed by atoms with E-state index in [-0.39, 0.29) is 19.6 Å². The van der Waals surface area contributed by atoms with Crippen molar-refractivity contribution in [1.82, 2.24) is 0 Å². The number of hydrogen-bond donors (Lipinski definition) is 4. The summed E-state index contributed by atoms with van der Waals surface area (Å²) in [6, 6.07) is 0. The van der Waals surface area contributed by atoms with Crippen molar-refractivity contribution in [3.8, 4) is 0 Å². The van der Waals surface area contributed by atoms with Gasteiger partial charge >= 0.3 is 16.4 Å². The molecular formula is C50H92O12S. The fourth-order valence-corrected chi connectivity index (χ4v) is 8.26.